The van der Waals surface area contributed by atoms with Crippen molar-refractivity contribution in [1.82, 2.24) is 14.7 Å². The van der Waals surface area contributed by atoms with Gasteiger partial charge in [-0.3, -0.25) is 14.5 Å². The average molecular weight is 488 g/mol. The molecule has 0 spiro atoms. The minimum absolute atomic E-state index is 0.0413. The Kier molecular flexibility index (Phi) is 5.85. The van der Waals surface area contributed by atoms with E-state index in [1.165, 1.54) is 17.4 Å². The van der Waals surface area contributed by atoms with Gasteiger partial charge < -0.3 is 9.80 Å². The average Bonchev–Trinajstić information content (AvgIpc) is 3.14. The molecule has 5 nitrogen and oxygen atoms in total. The number of piperazine rings is 1. The van der Waals surface area contributed by atoms with Crippen LogP contribution in [-0.2, 0) is 6.18 Å². The van der Waals surface area contributed by atoms with E-state index in [-0.39, 0.29) is 17.9 Å². The van der Waals surface area contributed by atoms with Crippen molar-refractivity contribution < 1.29 is 22.8 Å². The molecule has 2 aliphatic rings. The fraction of sp³-hybridized carbons (Fsp3) is 0.360. The number of fused-ring (bicyclic) bond motifs is 1. The van der Waals surface area contributed by atoms with Gasteiger partial charge in [0, 0.05) is 55.6 Å². The standard InChI is InChI=1S/C25H24F3N3O2S/c1-16-20-13-18(25(26,27)28)7-8-21(20)34-22(16)24(33)31-14-19(15-31)29-9-11-30(12-10-29)23(32)17-5-3-2-4-6-17/h2-8,13,19H,9-12,14-15H2,1H3. The van der Waals surface area contributed by atoms with Crippen molar-refractivity contribution in [2.45, 2.75) is 19.1 Å². The Morgan fingerprint density at radius 1 is 0.912 bits per heavy atom. The van der Waals surface area contributed by atoms with Crippen molar-refractivity contribution in [3.63, 3.8) is 0 Å². The summed E-state index contributed by atoms with van der Waals surface area (Å²) >= 11 is 1.25. The second-order valence-corrected chi connectivity index (χ2v) is 9.88. The Morgan fingerprint density at radius 3 is 2.24 bits per heavy atom. The number of nitrogens with zero attached hydrogens (tertiary/aromatic N) is 3. The summed E-state index contributed by atoms with van der Waals surface area (Å²) in [4.78, 5) is 32.1. The first-order valence-corrected chi connectivity index (χ1v) is 12.0. The Morgan fingerprint density at radius 2 is 1.59 bits per heavy atom. The van der Waals surface area contributed by atoms with Gasteiger partial charge in [0.25, 0.3) is 11.8 Å². The number of benzene rings is 2. The smallest absolute Gasteiger partial charge is 0.336 e. The first kappa shape index (κ1) is 22.9. The summed E-state index contributed by atoms with van der Waals surface area (Å²) in [5.41, 5.74) is 0.596. The van der Waals surface area contributed by atoms with Gasteiger partial charge in [0.15, 0.2) is 0 Å². The lowest BCUT2D eigenvalue weighted by Gasteiger charge is -2.48. The fourth-order valence-corrected chi connectivity index (χ4v) is 5.81. The van der Waals surface area contributed by atoms with Gasteiger partial charge in [-0.1, -0.05) is 18.2 Å². The minimum atomic E-state index is -4.41. The van der Waals surface area contributed by atoms with E-state index in [1.54, 1.807) is 11.8 Å². The first-order chi connectivity index (χ1) is 16.2. The lowest BCUT2D eigenvalue weighted by molar-refractivity contribution is -0.137. The molecule has 0 aliphatic carbocycles. The van der Waals surface area contributed by atoms with E-state index in [0.717, 1.165) is 25.2 Å². The van der Waals surface area contributed by atoms with Crippen molar-refractivity contribution in [2.75, 3.05) is 39.3 Å². The summed E-state index contributed by atoms with van der Waals surface area (Å²) in [7, 11) is 0. The molecule has 0 bridgehead atoms. The summed E-state index contributed by atoms with van der Waals surface area (Å²) in [5.74, 6) is -0.0824. The van der Waals surface area contributed by atoms with E-state index in [4.69, 9.17) is 0 Å². The SMILES string of the molecule is Cc1c(C(=O)N2CC(N3CCN(C(=O)c4ccccc4)CC3)C2)sc2ccc(C(F)(F)F)cc12. The van der Waals surface area contributed by atoms with Crippen LogP contribution in [-0.4, -0.2) is 71.8 Å². The molecule has 0 radical (unpaired) electrons. The van der Waals surface area contributed by atoms with E-state index in [9.17, 15) is 22.8 Å². The van der Waals surface area contributed by atoms with Gasteiger partial charge in [0.05, 0.1) is 10.4 Å². The molecule has 0 atom stereocenters. The highest BCUT2D eigenvalue weighted by Gasteiger charge is 2.38. The molecule has 34 heavy (non-hydrogen) atoms. The van der Waals surface area contributed by atoms with E-state index in [0.29, 0.717) is 52.3 Å². The van der Waals surface area contributed by atoms with Crippen LogP contribution in [0.2, 0.25) is 0 Å². The molecule has 3 aromatic rings. The molecule has 2 fully saturated rings. The number of carbonyl (C=O) groups excluding carboxylic acids is 2. The van der Waals surface area contributed by atoms with Crippen LogP contribution in [0.25, 0.3) is 10.1 Å². The second-order valence-electron chi connectivity index (χ2n) is 8.82. The number of hydrogen-bond acceptors (Lipinski definition) is 4. The van der Waals surface area contributed by atoms with Crippen LogP contribution in [0.15, 0.2) is 48.5 Å². The number of alkyl halides is 3. The fourth-order valence-electron chi connectivity index (χ4n) is 4.65. The summed E-state index contributed by atoms with van der Waals surface area (Å²) in [5, 5.41) is 0.486. The maximum absolute atomic E-state index is 13.1. The Labute approximate surface area is 199 Å². The number of rotatable bonds is 3. The Hall–Kier alpha value is -2.91. The molecule has 0 unspecified atom stereocenters. The van der Waals surface area contributed by atoms with Crippen LogP contribution in [0.3, 0.4) is 0 Å². The normalized spacial score (nSPS) is 17.8. The van der Waals surface area contributed by atoms with Gasteiger partial charge in [0.1, 0.15) is 0 Å². The summed E-state index contributed by atoms with van der Waals surface area (Å²) < 4.78 is 39.9. The van der Waals surface area contributed by atoms with Crippen molar-refractivity contribution in [2.24, 2.45) is 0 Å². The minimum Gasteiger partial charge on any atom is -0.336 e. The molecular weight excluding hydrogens is 463 g/mol. The lowest BCUT2D eigenvalue weighted by atomic mass is 10.0. The van der Waals surface area contributed by atoms with Crippen LogP contribution >= 0.6 is 11.3 Å². The van der Waals surface area contributed by atoms with Crippen LogP contribution < -0.4 is 0 Å². The van der Waals surface area contributed by atoms with Gasteiger partial charge in [-0.2, -0.15) is 13.2 Å². The van der Waals surface area contributed by atoms with Crippen LogP contribution in [0.5, 0.6) is 0 Å². The summed E-state index contributed by atoms with van der Waals surface area (Å²) in [6, 6.07) is 13.1. The van der Waals surface area contributed by atoms with Crippen LogP contribution in [0, 0.1) is 6.92 Å². The molecule has 0 saturated carbocycles. The molecule has 2 amide bonds. The predicted octanol–water partition coefficient (Wildman–Crippen LogP) is 4.51. The monoisotopic (exact) mass is 487 g/mol. The number of likely N-dealkylation sites (tertiary alicyclic amines) is 1. The lowest BCUT2D eigenvalue weighted by Crippen LogP contribution is -2.64. The maximum Gasteiger partial charge on any atom is 0.416 e. The zero-order chi connectivity index (χ0) is 24.0. The second kappa shape index (κ2) is 8.70. The number of aryl methyl sites for hydroxylation is 1. The van der Waals surface area contributed by atoms with Gasteiger partial charge in [-0.05, 0) is 48.2 Å². The number of amides is 2. The summed E-state index contributed by atoms with van der Waals surface area (Å²) in [6.07, 6.45) is -4.41. The molecule has 5 rings (SSSR count). The Balaban J connectivity index is 1.19. The predicted molar refractivity (Wildman–Crippen MR) is 125 cm³/mol. The molecule has 2 aromatic carbocycles. The maximum atomic E-state index is 13.1. The van der Waals surface area contributed by atoms with Gasteiger partial charge in [-0.15, -0.1) is 11.3 Å². The van der Waals surface area contributed by atoms with E-state index < -0.39 is 11.7 Å². The number of carbonyl (C=O) groups is 2. The zero-order valence-electron chi connectivity index (χ0n) is 18.6. The third-order valence-electron chi connectivity index (χ3n) is 6.75. The van der Waals surface area contributed by atoms with Crippen LogP contribution in [0.1, 0.15) is 31.2 Å². The van der Waals surface area contributed by atoms with Gasteiger partial charge in [-0.25, -0.2) is 0 Å². The third kappa shape index (κ3) is 4.18. The molecule has 1 aromatic heterocycles. The molecule has 2 saturated heterocycles. The molecule has 178 valence electrons. The van der Waals surface area contributed by atoms with Crippen molar-refractivity contribution in [3.05, 3.63) is 70.1 Å². The largest absolute Gasteiger partial charge is 0.416 e. The van der Waals surface area contributed by atoms with E-state index in [1.807, 2.05) is 35.2 Å². The van der Waals surface area contributed by atoms with E-state index >= 15 is 0 Å². The van der Waals surface area contributed by atoms with Gasteiger partial charge in [0.2, 0.25) is 0 Å². The topological polar surface area (TPSA) is 43.9 Å². The molecule has 0 N–H and O–H groups in total. The Bertz CT molecular complexity index is 1230. The number of thiophene rings is 1. The van der Waals surface area contributed by atoms with Crippen molar-refractivity contribution in [1.29, 1.82) is 0 Å². The quantitative estimate of drug-likeness (QED) is 0.546. The van der Waals surface area contributed by atoms with Gasteiger partial charge >= 0.3 is 6.18 Å². The molecule has 2 aliphatic heterocycles. The molecular formula is C25H24F3N3O2S. The van der Waals surface area contributed by atoms with Crippen LogP contribution in [0.4, 0.5) is 13.2 Å². The highest BCUT2D eigenvalue weighted by atomic mass is 32.1. The molecule has 3 heterocycles. The summed E-state index contributed by atoms with van der Waals surface area (Å²) in [6.45, 7) is 5.71. The third-order valence-corrected chi connectivity index (χ3v) is 8.01. The van der Waals surface area contributed by atoms with Crippen molar-refractivity contribution >= 4 is 33.2 Å². The molecule has 9 heteroatoms. The highest BCUT2D eigenvalue weighted by molar-refractivity contribution is 7.21. The highest BCUT2D eigenvalue weighted by Crippen LogP contribution is 2.37. The van der Waals surface area contributed by atoms with Crippen molar-refractivity contribution in [3.8, 4) is 0 Å². The first-order valence-electron chi connectivity index (χ1n) is 11.2. The number of halogens is 3. The zero-order valence-corrected chi connectivity index (χ0v) is 19.5. The number of hydrogen-bond donors (Lipinski definition) is 0. The van der Waals surface area contributed by atoms with E-state index in [2.05, 4.69) is 4.90 Å².